The van der Waals surface area contributed by atoms with E-state index in [-0.39, 0.29) is 11.6 Å². The Morgan fingerprint density at radius 3 is 2.70 bits per heavy atom. The predicted octanol–water partition coefficient (Wildman–Crippen LogP) is 4.44. The van der Waals surface area contributed by atoms with Crippen molar-refractivity contribution in [2.75, 3.05) is 18.0 Å². The van der Waals surface area contributed by atoms with Crippen LogP contribution in [0.4, 0.5) is 19.0 Å². The van der Waals surface area contributed by atoms with E-state index in [1.807, 2.05) is 23.6 Å². The SMILES string of the molecule is O=C(NC1CCN(c2cc(-c3cccs3)[nH]n2)CC1)c1cccc(OC(F)(F)F)c1. The molecule has 0 bridgehead atoms. The number of carbonyl (C=O) groups is 1. The van der Waals surface area contributed by atoms with Crippen LogP contribution in [0.5, 0.6) is 5.75 Å². The van der Waals surface area contributed by atoms with Gasteiger partial charge in [0.1, 0.15) is 5.75 Å². The van der Waals surface area contributed by atoms with E-state index < -0.39 is 18.0 Å². The van der Waals surface area contributed by atoms with Gasteiger partial charge in [0.05, 0.1) is 10.6 Å². The highest BCUT2D eigenvalue weighted by Crippen LogP contribution is 2.27. The van der Waals surface area contributed by atoms with Crippen molar-refractivity contribution in [3.05, 3.63) is 53.4 Å². The predicted molar refractivity (Wildman–Crippen MR) is 108 cm³/mol. The van der Waals surface area contributed by atoms with Gasteiger partial charge in [-0.05, 0) is 42.5 Å². The molecule has 1 amide bonds. The van der Waals surface area contributed by atoms with Crippen LogP contribution in [0.2, 0.25) is 0 Å². The number of piperidine rings is 1. The summed E-state index contributed by atoms with van der Waals surface area (Å²) in [5.74, 6) is 0.0334. The normalized spacial score (nSPS) is 15.2. The van der Waals surface area contributed by atoms with Crippen molar-refractivity contribution >= 4 is 23.1 Å². The smallest absolute Gasteiger partial charge is 0.406 e. The van der Waals surface area contributed by atoms with Crippen molar-refractivity contribution in [2.45, 2.75) is 25.2 Å². The van der Waals surface area contributed by atoms with Crippen LogP contribution in [-0.4, -0.2) is 41.6 Å². The van der Waals surface area contributed by atoms with Crippen molar-refractivity contribution in [3.63, 3.8) is 0 Å². The molecule has 6 nitrogen and oxygen atoms in total. The molecule has 10 heteroatoms. The molecule has 0 spiro atoms. The molecule has 0 unspecified atom stereocenters. The van der Waals surface area contributed by atoms with E-state index in [0.717, 1.165) is 41.6 Å². The highest BCUT2D eigenvalue weighted by Gasteiger charge is 2.31. The molecule has 3 heterocycles. The molecule has 2 N–H and O–H groups in total. The molecule has 0 aliphatic carbocycles. The van der Waals surface area contributed by atoms with Crippen LogP contribution in [0, 0.1) is 0 Å². The van der Waals surface area contributed by atoms with Gasteiger partial charge in [-0.15, -0.1) is 24.5 Å². The summed E-state index contributed by atoms with van der Waals surface area (Å²) in [4.78, 5) is 15.7. The molecule has 0 saturated carbocycles. The van der Waals surface area contributed by atoms with Crippen molar-refractivity contribution in [1.82, 2.24) is 15.5 Å². The number of hydrogen-bond donors (Lipinski definition) is 2. The first-order valence-electron chi connectivity index (χ1n) is 9.38. The summed E-state index contributed by atoms with van der Waals surface area (Å²) in [7, 11) is 0. The van der Waals surface area contributed by atoms with Crippen LogP contribution >= 0.6 is 11.3 Å². The molecule has 4 rings (SSSR count). The third kappa shape index (κ3) is 4.93. The Bertz CT molecular complexity index is 996. The first kappa shape index (κ1) is 20.3. The van der Waals surface area contributed by atoms with Crippen LogP contribution < -0.4 is 15.0 Å². The Hall–Kier alpha value is -3.01. The molecule has 3 aromatic rings. The highest BCUT2D eigenvalue weighted by molar-refractivity contribution is 7.13. The first-order chi connectivity index (χ1) is 14.4. The number of nitrogens with one attached hydrogen (secondary N) is 2. The number of aromatic nitrogens is 2. The van der Waals surface area contributed by atoms with Crippen LogP contribution in [0.3, 0.4) is 0 Å². The maximum absolute atomic E-state index is 12.4. The second-order valence-electron chi connectivity index (χ2n) is 6.93. The lowest BCUT2D eigenvalue weighted by atomic mass is 10.0. The van der Waals surface area contributed by atoms with E-state index in [1.54, 1.807) is 11.3 Å². The summed E-state index contributed by atoms with van der Waals surface area (Å²) in [6.45, 7) is 1.44. The fourth-order valence-corrected chi connectivity index (χ4v) is 4.08. The molecule has 0 atom stereocenters. The fraction of sp³-hybridized carbons (Fsp3) is 0.300. The maximum Gasteiger partial charge on any atom is 0.573 e. The van der Waals surface area contributed by atoms with Gasteiger partial charge < -0.3 is 15.0 Å². The average Bonchev–Trinajstić information content (AvgIpc) is 3.39. The molecule has 30 heavy (non-hydrogen) atoms. The zero-order valence-electron chi connectivity index (χ0n) is 15.8. The number of nitrogens with zero attached hydrogens (tertiary/aromatic N) is 2. The lowest BCUT2D eigenvalue weighted by molar-refractivity contribution is -0.274. The first-order valence-corrected chi connectivity index (χ1v) is 10.3. The Labute approximate surface area is 174 Å². The molecule has 1 fully saturated rings. The zero-order valence-corrected chi connectivity index (χ0v) is 16.6. The molecular formula is C20H19F3N4O2S. The minimum absolute atomic E-state index is 0.0587. The van der Waals surface area contributed by atoms with Gasteiger partial charge in [0.2, 0.25) is 0 Å². The fourth-order valence-electron chi connectivity index (χ4n) is 3.39. The van der Waals surface area contributed by atoms with E-state index in [1.165, 1.54) is 12.1 Å². The summed E-state index contributed by atoms with van der Waals surface area (Å²) in [6.07, 6.45) is -3.37. The van der Waals surface area contributed by atoms with Gasteiger partial charge in [0.25, 0.3) is 5.91 Å². The van der Waals surface area contributed by atoms with Crippen LogP contribution in [0.25, 0.3) is 10.6 Å². The number of ether oxygens (including phenoxy) is 1. The topological polar surface area (TPSA) is 70.2 Å². The number of alkyl halides is 3. The third-order valence-electron chi connectivity index (χ3n) is 4.83. The number of rotatable bonds is 5. The summed E-state index contributed by atoms with van der Waals surface area (Å²) >= 11 is 1.64. The second-order valence-corrected chi connectivity index (χ2v) is 7.88. The van der Waals surface area contributed by atoms with Crippen LogP contribution in [-0.2, 0) is 0 Å². The lowest BCUT2D eigenvalue weighted by Crippen LogP contribution is -2.44. The Morgan fingerprint density at radius 1 is 1.20 bits per heavy atom. The van der Waals surface area contributed by atoms with Gasteiger partial charge in [-0.25, -0.2) is 0 Å². The highest BCUT2D eigenvalue weighted by atomic mass is 32.1. The van der Waals surface area contributed by atoms with Gasteiger partial charge in [0, 0.05) is 30.8 Å². The summed E-state index contributed by atoms with van der Waals surface area (Å²) in [6, 6.07) is 11.0. The Morgan fingerprint density at radius 2 is 2.00 bits per heavy atom. The average molecular weight is 436 g/mol. The van der Waals surface area contributed by atoms with Crippen molar-refractivity contribution < 1.29 is 22.7 Å². The van der Waals surface area contributed by atoms with Gasteiger partial charge >= 0.3 is 6.36 Å². The van der Waals surface area contributed by atoms with Gasteiger partial charge in [0.15, 0.2) is 5.82 Å². The number of carbonyl (C=O) groups excluding carboxylic acids is 1. The summed E-state index contributed by atoms with van der Waals surface area (Å²) < 4.78 is 41.0. The molecule has 0 radical (unpaired) electrons. The number of anilines is 1. The number of aromatic amines is 1. The number of hydrogen-bond acceptors (Lipinski definition) is 5. The van der Waals surface area contributed by atoms with Crippen LogP contribution in [0.1, 0.15) is 23.2 Å². The van der Waals surface area contributed by atoms with Crippen molar-refractivity contribution in [1.29, 1.82) is 0 Å². The van der Waals surface area contributed by atoms with Gasteiger partial charge in [-0.1, -0.05) is 12.1 Å². The molecule has 158 valence electrons. The number of H-pyrrole nitrogens is 1. The molecule has 2 aromatic heterocycles. The van der Waals surface area contributed by atoms with E-state index in [2.05, 4.69) is 25.2 Å². The lowest BCUT2D eigenvalue weighted by Gasteiger charge is -2.32. The molecule has 1 aliphatic rings. The quantitative estimate of drug-likeness (QED) is 0.621. The molecule has 1 aliphatic heterocycles. The molecule has 1 saturated heterocycles. The summed E-state index contributed by atoms with van der Waals surface area (Å²) in [5, 5.41) is 12.3. The standard InChI is InChI=1S/C20H19F3N4O2S/c21-20(22,23)29-15-4-1-3-13(11-15)19(28)24-14-6-8-27(9-7-14)18-12-16(25-26-18)17-5-2-10-30-17/h1-5,10-12,14H,6-9H2,(H,24,28)(H,25,26). The third-order valence-corrected chi connectivity index (χ3v) is 5.74. The monoisotopic (exact) mass is 436 g/mol. The van der Waals surface area contributed by atoms with E-state index in [4.69, 9.17) is 0 Å². The molecule has 1 aromatic carbocycles. The van der Waals surface area contributed by atoms with E-state index >= 15 is 0 Å². The second kappa shape index (κ2) is 8.39. The summed E-state index contributed by atoms with van der Waals surface area (Å²) in [5.41, 5.74) is 1.10. The number of benzene rings is 1. The maximum atomic E-state index is 12.4. The van der Waals surface area contributed by atoms with Crippen molar-refractivity contribution in [2.24, 2.45) is 0 Å². The number of thiophene rings is 1. The Kier molecular flexibility index (Phi) is 5.67. The van der Waals surface area contributed by atoms with Crippen LogP contribution in [0.15, 0.2) is 47.8 Å². The minimum atomic E-state index is -4.79. The van der Waals surface area contributed by atoms with Crippen molar-refractivity contribution in [3.8, 4) is 16.3 Å². The van der Waals surface area contributed by atoms with Gasteiger partial charge in [-0.3, -0.25) is 9.89 Å². The van der Waals surface area contributed by atoms with E-state index in [0.29, 0.717) is 12.8 Å². The number of halogens is 3. The van der Waals surface area contributed by atoms with Gasteiger partial charge in [-0.2, -0.15) is 5.10 Å². The Balaban J connectivity index is 1.32. The largest absolute Gasteiger partial charge is 0.573 e. The minimum Gasteiger partial charge on any atom is -0.406 e. The number of amides is 1. The molecular weight excluding hydrogens is 417 g/mol. The zero-order chi connectivity index (χ0) is 21.1. The van der Waals surface area contributed by atoms with E-state index in [9.17, 15) is 18.0 Å².